The molecule has 1 saturated carbocycles. The van der Waals surface area contributed by atoms with E-state index >= 15 is 0 Å². The van der Waals surface area contributed by atoms with Gasteiger partial charge in [0.15, 0.2) is 0 Å². The van der Waals surface area contributed by atoms with E-state index in [0.29, 0.717) is 37.5 Å². The number of nitrogens with one attached hydrogen (secondary N) is 1. The maximum atomic E-state index is 13.4. The monoisotopic (exact) mass is 512 g/mol. The van der Waals surface area contributed by atoms with Gasteiger partial charge in [0, 0.05) is 43.5 Å². The lowest BCUT2D eigenvalue weighted by Gasteiger charge is -2.48. The minimum Gasteiger partial charge on any atom is -0.344 e. The molecule has 1 aromatic rings. The molecule has 1 aliphatic carbocycles. The van der Waals surface area contributed by atoms with E-state index in [1.165, 1.54) is 6.26 Å². The SMILES string of the molecule is CN(C)CCC(=O)NC(Cc1ccc(Cl)cc1)C(=O)N1CC(N(C2CCCCC2)S(C)(=O)=O)C1. The second-order valence-corrected chi connectivity index (χ2v) is 12.1. The van der Waals surface area contributed by atoms with Gasteiger partial charge in [0.2, 0.25) is 21.8 Å². The van der Waals surface area contributed by atoms with Gasteiger partial charge < -0.3 is 15.1 Å². The summed E-state index contributed by atoms with van der Waals surface area (Å²) in [6.45, 7) is 1.30. The van der Waals surface area contributed by atoms with Crippen LogP contribution in [0.25, 0.3) is 0 Å². The molecule has 0 spiro atoms. The van der Waals surface area contributed by atoms with E-state index in [9.17, 15) is 18.0 Å². The summed E-state index contributed by atoms with van der Waals surface area (Å²) < 4.78 is 26.8. The fourth-order valence-electron chi connectivity index (χ4n) is 4.84. The van der Waals surface area contributed by atoms with Crippen molar-refractivity contribution >= 4 is 33.4 Å². The Bertz CT molecular complexity index is 942. The maximum absolute atomic E-state index is 13.4. The van der Waals surface area contributed by atoms with Gasteiger partial charge in [0.25, 0.3) is 0 Å². The van der Waals surface area contributed by atoms with Crippen LogP contribution in [-0.4, -0.2) is 92.4 Å². The van der Waals surface area contributed by atoms with Gasteiger partial charge in [0.05, 0.1) is 12.3 Å². The minimum absolute atomic E-state index is 0.0154. The van der Waals surface area contributed by atoms with Gasteiger partial charge in [0.1, 0.15) is 6.04 Å². The summed E-state index contributed by atoms with van der Waals surface area (Å²) in [6, 6.07) is 6.33. The van der Waals surface area contributed by atoms with Gasteiger partial charge in [-0.15, -0.1) is 0 Å². The molecule has 1 N–H and O–H groups in total. The Morgan fingerprint density at radius 1 is 1.09 bits per heavy atom. The van der Waals surface area contributed by atoms with Crippen LogP contribution in [0.3, 0.4) is 0 Å². The standard InChI is InChI=1S/C24H37ClN4O4S/c1-27(2)14-13-23(30)26-22(15-18-9-11-19(25)12-10-18)24(31)28-16-21(17-28)29(34(3,32)33)20-7-5-4-6-8-20/h9-12,20-22H,4-8,13-17H2,1-3H3,(H,26,30). The highest BCUT2D eigenvalue weighted by Crippen LogP contribution is 2.30. The fraction of sp³-hybridized carbons (Fsp3) is 0.667. The molecule has 2 amide bonds. The Balaban J connectivity index is 1.67. The smallest absolute Gasteiger partial charge is 0.245 e. The number of nitrogens with zero attached hydrogens (tertiary/aromatic N) is 3. The number of amides is 2. The quantitative estimate of drug-likeness (QED) is 0.518. The van der Waals surface area contributed by atoms with Crippen molar-refractivity contribution in [2.75, 3.05) is 40.0 Å². The predicted octanol–water partition coefficient (Wildman–Crippen LogP) is 2.12. The number of halogens is 1. The first-order valence-electron chi connectivity index (χ1n) is 12.0. The first kappa shape index (κ1) is 26.9. The number of sulfonamides is 1. The van der Waals surface area contributed by atoms with E-state index in [4.69, 9.17) is 11.6 Å². The number of hydrogen-bond donors (Lipinski definition) is 1. The molecule has 0 aromatic heterocycles. The lowest BCUT2D eigenvalue weighted by Crippen LogP contribution is -2.66. The summed E-state index contributed by atoms with van der Waals surface area (Å²) in [5.41, 5.74) is 0.896. The first-order chi connectivity index (χ1) is 16.0. The Morgan fingerprint density at radius 3 is 2.26 bits per heavy atom. The molecule has 1 atom stereocenters. The first-order valence-corrected chi connectivity index (χ1v) is 14.2. The second-order valence-electron chi connectivity index (χ2n) is 9.79. The summed E-state index contributed by atoms with van der Waals surface area (Å²) in [5, 5.41) is 3.51. The van der Waals surface area contributed by atoms with E-state index in [-0.39, 0.29) is 23.9 Å². The third-order valence-electron chi connectivity index (χ3n) is 6.62. The third-order valence-corrected chi connectivity index (χ3v) is 8.24. The summed E-state index contributed by atoms with van der Waals surface area (Å²) >= 11 is 5.99. The van der Waals surface area contributed by atoms with Gasteiger partial charge >= 0.3 is 0 Å². The van der Waals surface area contributed by atoms with Crippen LogP contribution in [0.4, 0.5) is 0 Å². The third kappa shape index (κ3) is 7.41. The lowest BCUT2D eigenvalue weighted by atomic mass is 9.93. The van der Waals surface area contributed by atoms with Crippen molar-refractivity contribution in [3.8, 4) is 0 Å². The zero-order chi connectivity index (χ0) is 24.9. The zero-order valence-corrected chi connectivity index (χ0v) is 21.9. The zero-order valence-electron chi connectivity index (χ0n) is 20.4. The van der Waals surface area contributed by atoms with E-state index in [1.54, 1.807) is 21.3 Å². The van der Waals surface area contributed by atoms with Crippen LogP contribution < -0.4 is 5.32 Å². The van der Waals surface area contributed by atoms with Crippen molar-refractivity contribution < 1.29 is 18.0 Å². The van der Waals surface area contributed by atoms with Crippen LogP contribution in [0.5, 0.6) is 0 Å². The maximum Gasteiger partial charge on any atom is 0.245 e. The van der Waals surface area contributed by atoms with Crippen molar-refractivity contribution in [1.29, 1.82) is 0 Å². The Labute approximate surface area is 208 Å². The molecule has 190 valence electrons. The summed E-state index contributed by atoms with van der Waals surface area (Å²) in [6.07, 6.45) is 6.87. The molecule has 8 nitrogen and oxygen atoms in total. The highest BCUT2D eigenvalue weighted by Gasteiger charge is 2.43. The van der Waals surface area contributed by atoms with E-state index < -0.39 is 16.1 Å². The number of carbonyl (C=O) groups excluding carboxylic acids is 2. The topological polar surface area (TPSA) is 90.0 Å². The number of carbonyl (C=O) groups is 2. The number of benzene rings is 1. The van der Waals surface area contributed by atoms with E-state index in [2.05, 4.69) is 5.32 Å². The molecule has 1 heterocycles. The normalized spacial score (nSPS) is 18.7. The summed E-state index contributed by atoms with van der Waals surface area (Å²) in [7, 11) is 0.412. The number of hydrogen-bond acceptors (Lipinski definition) is 5. The average molecular weight is 513 g/mol. The molecule has 1 aliphatic heterocycles. The van der Waals surface area contributed by atoms with Crippen molar-refractivity contribution in [2.24, 2.45) is 0 Å². The molecule has 0 bridgehead atoms. The van der Waals surface area contributed by atoms with Gasteiger partial charge in [-0.05, 0) is 44.6 Å². The minimum atomic E-state index is -3.37. The van der Waals surface area contributed by atoms with Crippen LogP contribution >= 0.6 is 11.6 Å². The average Bonchev–Trinajstić information content (AvgIpc) is 2.74. The molecule has 3 rings (SSSR count). The number of likely N-dealkylation sites (tertiary alicyclic amines) is 1. The largest absolute Gasteiger partial charge is 0.344 e. The molecule has 34 heavy (non-hydrogen) atoms. The second kappa shape index (κ2) is 11.8. The molecule has 1 unspecified atom stereocenters. The van der Waals surface area contributed by atoms with Gasteiger partial charge in [-0.1, -0.05) is 43.0 Å². The molecule has 10 heteroatoms. The molecule has 1 saturated heterocycles. The molecule has 0 radical (unpaired) electrons. The van der Waals surface area contributed by atoms with E-state index in [0.717, 1.165) is 37.7 Å². The van der Waals surface area contributed by atoms with Crippen LogP contribution in [0.15, 0.2) is 24.3 Å². The Hall–Kier alpha value is -1.68. The van der Waals surface area contributed by atoms with Gasteiger partial charge in [-0.3, -0.25) is 9.59 Å². The number of rotatable bonds is 10. The van der Waals surface area contributed by atoms with Crippen molar-refractivity contribution in [3.05, 3.63) is 34.9 Å². The fourth-order valence-corrected chi connectivity index (χ4v) is 6.39. The summed E-state index contributed by atoms with van der Waals surface area (Å²) in [5.74, 6) is -0.362. The predicted molar refractivity (Wildman–Crippen MR) is 134 cm³/mol. The van der Waals surface area contributed by atoms with Crippen molar-refractivity contribution in [2.45, 2.75) is 63.1 Å². The van der Waals surface area contributed by atoms with Crippen LogP contribution in [0.2, 0.25) is 5.02 Å². The lowest BCUT2D eigenvalue weighted by molar-refractivity contribution is -0.142. The molecular weight excluding hydrogens is 476 g/mol. The molecule has 2 aliphatic rings. The van der Waals surface area contributed by atoms with Crippen LogP contribution in [0, 0.1) is 0 Å². The highest BCUT2D eigenvalue weighted by molar-refractivity contribution is 7.88. The molecule has 1 aromatic carbocycles. The van der Waals surface area contributed by atoms with Crippen molar-refractivity contribution in [1.82, 2.24) is 19.4 Å². The van der Waals surface area contributed by atoms with Crippen molar-refractivity contribution in [3.63, 3.8) is 0 Å². The Kier molecular flexibility index (Phi) is 9.37. The van der Waals surface area contributed by atoms with Crippen LogP contribution in [0.1, 0.15) is 44.1 Å². The summed E-state index contributed by atoms with van der Waals surface area (Å²) in [4.78, 5) is 29.5. The van der Waals surface area contributed by atoms with E-state index in [1.807, 2.05) is 31.1 Å². The van der Waals surface area contributed by atoms with Gasteiger partial charge in [-0.25, -0.2) is 8.42 Å². The Morgan fingerprint density at radius 2 is 1.71 bits per heavy atom. The highest BCUT2D eigenvalue weighted by atomic mass is 35.5. The molecular formula is C24H37ClN4O4S. The molecule has 2 fully saturated rings. The van der Waals surface area contributed by atoms with Crippen LogP contribution in [-0.2, 0) is 26.0 Å². The van der Waals surface area contributed by atoms with Gasteiger partial charge in [-0.2, -0.15) is 4.31 Å².